The van der Waals surface area contributed by atoms with Gasteiger partial charge in [-0.2, -0.15) is 0 Å². The molecule has 0 spiro atoms. The van der Waals surface area contributed by atoms with Crippen LogP contribution in [0.5, 0.6) is 0 Å². The van der Waals surface area contributed by atoms with Crippen molar-refractivity contribution in [3.63, 3.8) is 0 Å². The van der Waals surface area contributed by atoms with Crippen molar-refractivity contribution in [1.82, 2.24) is 0 Å². The van der Waals surface area contributed by atoms with E-state index in [0.29, 0.717) is 0 Å². The molecule has 0 aromatic carbocycles. The molecule has 0 N–H and O–H groups in total. The molecule has 0 aromatic rings. The first kappa shape index (κ1) is 14.4. The number of hydrogen-bond acceptors (Lipinski definition) is 0. The van der Waals surface area contributed by atoms with E-state index < -0.39 is 0 Å². The van der Waals surface area contributed by atoms with E-state index in [1.165, 1.54) is 6.42 Å². The van der Waals surface area contributed by atoms with Gasteiger partial charge in [-0.3, -0.25) is 0 Å². The molecule has 1 atom stereocenters. The topological polar surface area (TPSA) is 0 Å². The van der Waals surface area contributed by atoms with Crippen LogP contribution in [-0.4, -0.2) is 0 Å². The van der Waals surface area contributed by atoms with E-state index in [9.17, 15) is 0 Å². The summed E-state index contributed by atoms with van der Waals surface area (Å²) >= 11 is 13.4. The highest BCUT2D eigenvalue weighted by molar-refractivity contribution is 9.28. The van der Waals surface area contributed by atoms with Crippen LogP contribution in [0.3, 0.4) is 0 Å². The Bertz CT molecular complexity index is 188. The largest absolute Gasteiger partial charge is 0.0632 e. The van der Waals surface area contributed by atoms with Crippen molar-refractivity contribution in [2.75, 3.05) is 0 Å². The quantitative estimate of drug-likeness (QED) is 0.489. The van der Waals surface area contributed by atoms with Gasteiger partial charge in [-0.25, -0.2) is 0 Å². The fraction of sp³-hybridized carbons (Fsp3) is 0.556. The second kappa shape index (κ2) is 8.69. The highest BCUT2D eigenvalue weighted by Crippen LogP contribution is 2.20. The van der Waals surface area contributed by atoms with E-state index in [0.717, 1.165) is 25.5 Å². The molecule has 0 aliphatic rings. The minimum absolute atomic E-state index is 0.723. The minimum Gasteiger partial charge on any atom is -0.0632 e. The van der Waals surface area contributed by atoms with E-state index in [1.807, 2.05) is 0 Å². The van der Waals surface area contributed by atoms with Crippen molar-refractivity contribution in [1.29, 1.82) is 0 Å². The summed E-state index contributed by atoms with van der Waals surface area (Å²) in [7, 11) is 0. The molecule has 0 saturated carbocycles. The predicted molar refractivity (Wildman–Crippen MR) is 74.9 cm³/mol. The summed E-state index contributed by atoms with van der Waals surface area (Å²) in [5, 5.41) is 0. The van der Waals surface area contributed by atoms with Crippen molar-refractivity contribution in [3.8, 4) is 0 Å². The number of hydrogen-bond donors (Lipinski definition) is 0. The zero-order valence-corrected chi connectivity index (χ0v) is 13.7. The summed E-state index contributed by atoms with van der Waals surface area (Å²) in [6.07, 6.45) is 7.73. The van der Waals surface area contributed by atoms with E-state index in [4.69, 9.17) is 0 Å². The Morgan fingerprint density at radius 3 is 2.08 bits per heavy atom. The molecule has 0 aliphatic heterocycles. The third-order valence-corrected chi connectivity index (χ3v) is 2.93. The molecular formula is C9H12Br4. The summed E-state index contributed by atoms with van der Waals surface area (Å²) < 4.78 is 2.09. The highest BCUT2D eigenvalue weighted by atomic mass is 79.9. The average Bonchev–Trinajstić information content (AvgIpc) is 2.00. The van der Waals surface area contributed by atoms with Gasteiger partial charge in [0.1, 0.15) is 0 Å². The predicted octanol–water partition coefficient (Wildman–Crippen LogP) is 6.06. The maximum atomic E-state index is 3.35. The molecule has 0 heterocycles. The minimum atomic E-state index is 0.723. The molecule has 0 rings (SSSR count). The van der Waals surface area contributed by atoms with Crippen molar-refractivity contribution in [3.05, 3.63) is 18.9 Å². The molecule has 0 radical (unpaired) electrons. The number of halogens is 4. The first-order valence-electron chi connectivity index (χ1n) is 4.04. The Balaban J connectivity index is 3.58. The normalized spacial score (nSPS) is 12.1. The molecular weight excluding hydrogens is 428 g/mol. The molecule has 0 aromatic heterocycles. The fourth-order valence-corrected chi connectivity index (χ4v) is 1.72. The van der Waals surface area contributed by atoms with Crippen LogP contribution in [0.25, 0.3) is 0 Å². The van der Waals surface area contributed by atoms with Gasteiger partial charge in [0.25, 0.3) is 0 Å². The van der Waals surface area contributed by atoms with Crippen LogP contribution in [-0.2, 0) is 0 Å². The SMILES string of the molecule is CC(CC=C(Br)Br)CCC=C(Br)Br. The number of allylic oxidation sites excluding steroid dienone is 2. The third kappa shape index (κ3) is 11.3. The zero-order chi connectivity index (χ0) is 10.3. The number of rotatable bonds is 5. The van der Waals surface area contributed by atoms with Crippen LogP contribution in [0.2, 0.25) is 0 Å². The first-order valence-corrected chi connectivity index (χ1v) is 7.22. The Kier molecular flexibility index (Phi) is 9.62. The second-order valence-corrected chi connectivity index (χ2v) is 8.45. The van der Waals surface area contributed by atoms with Gasteiger partial charge in [-0.1, -0.05) is 19.1 Å². The van der Waals surface area contributed by atoms with Gasteiger partial charge in [-0.05, 0) is 88.9 Å². The van der Waals surface area contributed by atoms with Gasteiger partial charge in [0.2, 0.25) is 0 Å². The lowest BCUT2D eigenvalue weighted by Crippen LogP contribution is -1.91. The van der Waals surface area contributed by atoms with Crippen molar-refractivity contribution in [2.45, 2.75) is 26.2 Å². The summed E-state index contributed by atoms with van der Waals surface area (Å²) in [6.45, 7) is 2.26. The zero-order valence-electron chi connectivity index (χ0n) is 7.37. The lowest BCUT2D eigenvalue weighted by atomic mass is 10.0. The Labute approximate surface area is 114 Å². The third-order valence-electron chi connectivity index (χ3n) is 1.63. The molecule has 0 nitrogen and oxygen atoms in total. The van der Waals surface area contributed by atoms with Crippen LogP contribution in [0.15, 0.2) is 18.9 Å². The highest BCUT2D eigenvalue weighted by Gasteiger charge is 1.98. The standard InChI is InChI=1S/C9H12Br4/c1-7(5-6-9(12)13)3-2-4-8(10)11/h4,6-7H,2-3,5H2,1H3. The molecule has 76 valence electrons. The van der Waals surface area contributed by atoms with Gasteiger partial charge in [0.05, 0.1) is 6.78 Å². The fourth-order valence-electron chi connectivity index (χ4n) is 0.885. The lowest BCUT2D eigenvalue weighted by Gasteiger charge is -2.05. The van der Waals surface area contributed by atoms with Gasteiger partial charge in [0.15, 0.2) is 0 Å². The van der Waals surface area contributed by atoms with Crippen LogP contribution in [0.4, 0.5) is 0 Å². The maximum absolute atomic E-state index is 3.35. The smallest absolute Gasteiger partial charge is 0.0564 e. The molecule has 0 saturated heterocycles. The summed E-state index contributed by atoms with van der Waals surface area (Å²) in [5.74, 6) is 0.723. The molecule has 0 amide bonds. The summed E-state index contributed by atoms with van der Waals surface area (Å²) in [4.78, 5) is 0. The van der Waals surface area contributed by atoms with Gasteiger partial charge in [0, 0.05) is 0 Å². The molecule has 13 heavy (non-hydrogen) atoms. The molecule has 0 aliphatic carbocycles. The van der Waals surface area contributed by atoms with Crippen LogP contribution >= 0.6 is 63.7 Å². The van der Waals surface area contributed by atoms with Crippen molar-refractivity contribution in [2.24, 2.45) is 5.92 Å². The van der Waals surface area contributed by atoms with E-state index in [1.54, 1.807) is 0 Å². The summed E-state index contributed by atoms with van der Waals surface area (Å²) in [6, 6.07) is 0. The van der Waals surface area contributed by atoms with Crippen LogP contribution < -0.4 is 0 Å². The first-order chi connectivity index (χ1) is 6.02. The Hall–Kier alpha value is 1.40. The Morgan fingerprint density at radius 1 is 1.08 bits per heavy atom. The maximum Gasteiger partial charge on any atom is 0.0564 e. The van der Waals surface area contributed by atoms with E-state index in [-0.39, 0.29) is 0 Å². The molecule has 0 bridgehead atoms. The average molecular weight is 440 g/mol. The molecule has 0 fully saturated rings. The van der Waals surface area contributed by atoms with Crippen LogP contribution in [0.1, 0.15) is 26.2 Å². The van der Waals surface area contributed by atoms with Crippen LogP contribution in [0, 0.1) is 5.92 Å². The molecule has 1 unspecified atom stereocenters. The van der Waals surface area contributed by atoms with Crippen molar-refractivity contribution >= 4 is 63.7 Å². The molecule has 4 heteroatoms. The lowest BCUT2D eigenvalue weighted by molar-refractivity contribution is 0.547. The second-order valence-electron chi connectivity index (χ2n) is 2.91. The van der Waals surface area contributed by atoms with Gasteiger partial charge >= 0.3 is 0 Å². The monoisotopic (exact) mass is 436 g/mol. The van der Waals surface area contributed by atoms with Gasteiger partial charge < -0.3 is 0 Å². The van der Waals surface area contributed by atoms with Gasteiger partial charge in [-0.15, -0.1) is 0 Å². The Morgan fingerprint density at radius 2 is 1.62 bits per heavy atom. The summed E-state index contributed by atoms with van der Waals surface area (Å²) in [5.41, 5.74) is 0. The van der Waals surface area contributed by atoms with Crippen molar-refractivity contribution < 1.29 is 0 Å². The van der Waals surface area contributed by atoms with E-state index in [2.05, 4.69) is 82.8 Å². The van der Waals surface area contributed by atoms with E-state index >= 15 is 0 Å².